The number of hydrogen-bond acceptors (Lipinski definition) is 4. The van der Waals surface area contributed by atoms with Crippen molar-refractivity contribution in [2.75, 3.05) is 0 Å². The zero-order valence-corrected chi connectivity index (χ0v) is 9.98. The van der Waals surface area contributed by atoms with Gasteiger partial charge in [-0.2, -0.15) is 0 Å². The van der Waals surface area contributed by atoms with Gasteiger partial charge in [-0.1, -0.05) is 36.4 Å². The fourth-order valence-electron chi connectivity index (χ4n) is 1.65. The molecule has 0 aliphatic carbocycles. The quantitative estimate of drug-likeness (QED) is 0.365. The van der Waals surface area contributed by atoms with E-state index < -0.39 is 10.9 Å². The van der Waals surface area contributed by atoms with Crippen molar-refractivity contribution in [3.63, 3.8) is 0 Å². The fraction of sp³-hybridized carbons (Fsp3) is 0.0714. The van der Waals surface area contributed by atoms with Gasteiger partial charge in [-0.15, -0.1) is 0 Å². The van der Waals surface area contributed by atoms with Gasteiger partial charge in [0, 0.05) is 11.6 Å². The molecule has 0 aromatic heterocycles. The SMILES string of the molecule is O=C(Cc1ccccc1[N+](=O)[O-])Oc1ccccc1. The maximum atomic E-state index is 11.7. The molecule has 0 amide bonds. The molecular weight excluding hydrogens is 246 g/mol. The minimum absolute atomic E-state index is 0.0764. The van der Waals surface area contributed by atoms with Crippen molar-refractivity contribution in [3.8, 4) is 5.75 Å². The molecule has 5 nitrogen and oxygen atoms in total. The largest absolute Gasteiger partial charge is 0.426 e. The highest BCUT2D eigenvalue weighted by Gasteiger charge is 2.16. The molecule has 0 heterocycles. The molecule has 0 radical (unpaired) electrons. The van der Waals surface area contributed by atoms with Crippen LogP contribution in [0.25, 0.3) is 0 Å². The van der Waals surface area contributed by atoms with Crippen LogP contribution in [0.15, 0.2) is 54.6 Å². The zero-order valence-electron chi connectivity index (χ0n) is 9.98. The van der Waals surface area contributed by atoms with Crippen molar-refractivity contribution in [1.29, 1.82) is 0 Å². The Morgan fingerprint density at radius 2 is 1.68 bits per heavy atom. The van der Waals surface area contributed by atoms with Crippen LogP contribution >= 0.6 is 0 Å². The Morgan fingerprint density at radius 3 is 2.37 bits per heavy atom. The van der Waals surface area contributed by atoms with E-state index in [4.69, 9.17) is 4.74 Å². The van der Waals surface area contributed by atoms with Crippen LogP contribution in [-0.2, 0) is 11.2 Å². The molecule has 0 unspecified atom stereocenters. The van der Waals surface area contributed by atoms with Gasteiger partial charge in [0.2, 0.25) is 0 Å². The van der Waals surface area contributed by atoms with Crippen LogP contribution in [0.5, 0.6) is 5.75 Å². The summed E-state index contributed by atoms with van der Waals surface area (Å²) in [7, 11) is 0. The van der Waals surface area contributed by atoms with Crippen LogP contribution in [-0.4, -0.2) is 10.9 Å². The van der Waals surface area contributed by atoms with Gasteiger partial charge >= 0.3 is 5.97 Å². The van der Waals surface area contributed by atoms with E-state index in [-0.39, 0.29) is 12.1 Å². The molecule has 5 heteroatoms. The summed E-state index contributed by atoms with van der Waals surface area (Å²) in [6.45, 7) is 0. The van der Waals surface area contributed by atoms with Crippen molar-refractivity contribution < 1.29 is 14.5 Å². The number of nitrogens with zero attached hydrogens (tertiary/aromatic N) is 1. The maximum absolute atomic E-state index is 11.7. The monoisotopic (exact) mass is 257 g/mol. The summed E-state index contributed by atoms with van der Waals surface area (Å²) >= 11 is 0. The lowest BCUT2D eigenvalue weighted by Crippen LogP contribution is -2.12. The Morgan fingerprint density at radius 1 is 1.05 bits per heavy atom. The Hall–Kier alpha value is -2.69. The van der Waals surface area contributed by atoms with Gasteiger partial charge in [0.1, 0.15) is 5.75 Å². The summed E-state index contributed by atoms with van der Waals surface area (Å²) in [6, 6.07) is 14.7. The standard InChI is InChI=1S/C14H11NO4/c16-14(19-12-7-2-1-3-8-12)10-11-6-4-5-9-13(11)15(17)18/h1-9H,10H2. The number of carbonyl (C=O) groups excluding carboxylic acids is 1. The van der Waals surface area contributed by atoms with Crippen LogP contribution < -0.4 is 4.74 Å². The molecule has 96 valence electrons. The molecule has 0 atom stereocenters. The molecule has 2 aromatic carbocycles. The average molecular weight is 257 g/mol. The van der Waals surface area contributed by atoms with Crippen molar-refractivity contribution in [1.82, 2.24) is 0 Å². The first-order valence-electron chi connectivity index (χ1n) is 5.65. The number of para-hydroxylation sites is 2. The lowest BCUT2D eigenvalue weighted by Gasteiger charge is -2.04. The summed E-state index contributed by atoms with van der Waals surface area (Å²) in [6.07, 6.45) is -0.133. The molecule has 2 rings (SSSR count). The highest BCUT2D eigenvalue weighted by atomic mass is 16.6. The number of esters is 1. The van der Waals surface area contributed by atoms with Crippen LogP contribution in [0.4, 0.5) is 5.69 Å². The number of nitro groups is 1. The van der Waals surface area contributed by atoms with E-state index in [1.54, 1.807) is 48.5 Å². The lowest BCUT2D eigenvalue weighted by atomic mass is 10.1. The molecule has 2 aromatic rings. The van der Waals surface area contributed by atoms with Gasteiger partial charge in [-0.25, -0.2) is 0 Å². The van der Waals surface area contributed by atoms with Gasteiger partial charge in [-0.05, 0) is 12.1 Å². The van der Waals surface area contributed by atoms with E-state index in [1.165, 1.54) is 6.07 Å². The number of carbonyl (C=O) groups is 1. The summed E-state index contributed by atoms with van der Waals surface area (Å²) in [4.78, 5) is 22.0. The highest BCUT2D eigenvalue weighted by Crippen LogP contribution is 2.19. The van der Waals surface area contributed by atoms with Gasteiger partial charge in [0.15, 0.2) is 0 Å². The zero-order chi connectivity index (χ0) is 13.7. The van der Waals surface area contributed by atoms with Crippen LogP contribution in [0.3, 0.4) is 0 Å². The first-order chi connectivity index (χ1) is 9.16. The number of ether oxygens (including phenoxy) is 1. The third-order valence-corrected chi connectivity index (χ3v) is 2.50. The topological polar surface area (TPSA) is 69.4 Å². The third-order valence-electron chi connectivity index (χ3n) is 2.50. The number of hydrogen-bond donors (Lipinski definition) is 0. The average Bonchev–Trinajstić information content (AvgIpc) is 2.40. The highest BCUT2D eigenvalue weighted by molar-refractivity contribution is 5.76. The van der Waals surface area contributed by atoms with Crippen molar-refractivity contribution in [2.45, 2.75) is 6.42 Å². The van der Waals surface area contributed by atoms with Gasteiger partial charge in [0.25, 0.3) is 5.69 Å². The summed E-state index contributed by atoms with van der Waals surface area (Å²) in [5.74, 6) is -0.105. The second-order valence-electron chi connectivity index (χ2n) is 3.85. The molecule has 0 N–H and O–H groups in total. The lowest BCUT2D eigenvalue weighted by molar-refractivity contribution is -0.385. The number of nitro benzene ring substituents is 1. The van der Waals surface area contributed by atoms with E-state index in [9.17, 15) is 14.9 Å². The van der Waals surface area contributed by atoms with Gasteiger partial charge < -0.3 is 4.74 Å². The van der Waals surface area contributed by atoms with Crippen LogP contribution in [0, 0.1) is 10.1 Å². The Balaban J connectivity index is 2.09. The maximum Gasteiger partial charge on any atom is 0.315 e. The minimum atomic E-state index is -0.527. The first-order valence-corrected chi connectivity index (χ1v) is 5.65. The summed E-state index contributed by atoms with van der Waals surface area (Å²) in [5.41, 5.74) is 0.265. The van der Waals surface area contributed by atoms with Gasteiger partial charge in [-0.3, -0.25) is 14.9 Å². The van der Waals surface area contributed by atoms with E-state index in [0.717, 1.165) is 0 Å². The molecular formula is C14H11NO4. The second-order valence-corrected chi connectivity index (χ2v) is 3.85. The Kier molecular flexibility index (Phi) is 3.87. The fourth-order valence-corrected chi connectivity index (χ4v) is 1.65. The molecule has 0 spiro atoms. The third kappa shape index (κ3) is 3.38. The molecule has 0 fully saturated rings. The van der Waals surface area contributed by atoms with E-state index in [2.05, 4.69) is 0 Å². The van der Waals surface area contributed by atoms with Crippen LogP contribution in [0.1, 0.15) is 5.56 Å². The molecule has 0 bridgehead atoms. The minimum Gasteiger partial charge on any atom is -0.426 e. The first kappa shape index (κ1) is 12.8. The Bertz CT molecular complexity index is 595. The smallest absolute Gasteiger partial charge is 0.315 e. The van der Waals surface area contributed by atoms with E-state index in [0.29, 0.717) is 11.3 Å². The second kappa shape index (κ2) is 5.77. The predicted molar refractivity (Wildman–Crippen MR) is 68.9 cm³/mol. The molecule has 0 saturated carbocycles. The van der Waals surface area contributed by atoms with Gasteiger partial charge in [0.05, 0.1) is 11.3 Å². The number of rotatable bonds is 4. The number of benzene rings is 2. The van der Waals surface area contributed by atoms with E-state index >= 15 is 0 Å². The molecule has 0 saturated heterocycles. The Labute approximate surface area is 109 Å². The van der Waals surface area contributed by atoms with E-state index in [1.807, 2.05) is 0 Å². The van der Waals surface area contributed by atoms with Crippen LogP contribution in [0.2, 0.25) is 0 Å². The molecule has 19 heavy (non-hydrogen) atoms. The predicted octanol–water partition coefficient (Wildman–Crippen LogP) is 2.74. The normalized spacial score (nSPS) is 9.89. The summed E-state index contributed by atoms with van der Waals surface area (Å²) in [5, 5.41) is 10.8. The van der Waals surface area contributed by atoms with Crippen molar-refractivity contribution in [2.24, 2.45) is 0 Å². The van der Waals surface area contributed by atoms with Crippen molar-refractivity contribution >= 4 is 11.7 Å². The van der Waals surface area contributed by atoms with Crippen molar-refractivity contribution in [3.05, 3.63) is 70.3 Å². The molecule has 0 aliphatic rings. The summed E-state index contributed by atoms with van der Waals surface area (Å²) < 4.78 is 5.09. The molecule has 0 aliphatic heterocycles.